The molecule has 0 N–H and O–H groups in total. The van der Waals surface area contributed by atoms with E-state index in [1.54, 1.807) is 57.8 Å². The topological polar surface area (TPSA) is 21.7 Å². The van der Waals surface area contributed by atoms with Gasteiger partial charge in [0.2, 0.25) is 0 Å². The van der Waals surface area contributed by atoms with E-state index in [-0.39, 0.29) is 0 Å². The largest absolute Gasteiger partial charge is 0.374 e. The first-order valence-corrected chi connectivity index (χ1v) is 25.4. The van der Waals surface area contributed by atoms with Crippen LogP contribution >= 0.6 is 0 Å². The molecule has 298 valence electrons. The molecule has 11 fully saturated rings. The van der Waals surface area contributed by atoms with Crippen molar-refractivity contribution in [3.63, 3.8) is 0 Å². The molecule has 53 heavy (non-hydrogen) atoms. The van der Waals surface area contributed by atoms with Crippen LogP contribution in [0, 0.1) is 71.0 Å². The molecular weight excluding hydrogens is 647 g/mol. The van der Waals surface area contributed by atoms with Crippen LogP contribution in [0.1, 0.15) is 199 Å². The van der Waals surface area contributed by atoms with Crippen molar-refractivity contribution in [2.75, 3.05) is 0 Å². The Bertz CT molecular complexity index is 1210. The predicted molar refractivity (Wildman–Crippen MR) is 216 cm³/mol. The Morgan fingerprint density at radius 1 is 0.302 bits per heavy atom. The molecule has 14 atom stereocenters. The SMILES string of the molecule is C1CCC(C2CCC(N(C3CCC(C4CCCC5CCCCC54)CC3)C3CC4CCCCC4C4C5CCC6OC7CCCCC7C6C5OC43)CC2)CC1. The minimum atomic E-state index is 0.509. The van der Waals surface area contributed by atoms with Gasteiger partial charge in [-0.2, -0.15) is 0 Å². The molecule has 0 radical (unpaired) electrons. The second-order valence-corrected chi connectivity index (χ2v) is 22.4. The second-order valence-electron chi connectivity index (χ2n) is 22.4. The molecule has 2 aliphatic heterocycles. The summed E-state index contributed by atoms with van der Waals surface area (Å²) >= 11 is 0. The summed E-state index contributed by atoms with van der Waals surface area (Å²) in [5, 5.41) is 0. The Kier molecular flexibility index (Phi) is 10.6. The molecular formula is C50H81NO2. The van der Waals surface area contributed by atoms with Crippen molar-refractivity contribution in [1.82, 2.24) is 4.90 Å². The van der Waals surface area contributed by atoms with Gasteiger partial charge in [0.05, 0.1) is 24.4 Å². The van der Waals surface area contributed by atoms with Crippen LogP contribution in [0.5, 0.6) is 0 Å². The molecule has 2 saturated heterocycles. The van der Waals surface area contributed by atoms with Gasteiger partial charge in [0.1, 0.15) is 0 Å². The fourth-order valence-corrected chi connectivity index (χ4v) is 18.4. The van der Waals surface area contributed by atoms with Gasteiger partial charge in [-0.3, -0.25) is 4.90 Å². The molecule has 9 saturated carbocycles. The zero-order valence-electron chi connectivity index (χ0n) is 34.2. The zero-order valence-corrected chi connectivity index (χ0v) is 34.2. The molecule has 3 heteroatoms. The lowest BCUT2D eigenvalue weighted by atomic mass is 9.56. The number of hydrogen-bond acceptors (Lipinski definition) is 3. The second kappa shape index (κ2) is 15.6. The number of nitrogens with zero attached hydrogens (tertiary/aromatic N) is 1. The van der Waals surface area contributed by atoms with Crippen molar-refractivity contribution in [3.05, 3.63) is 0 Å². The van der Waals surface area contributed by atoms with E-state index in [1.165, 1.54) is 141 Å². The minimum Gasteiger partial charge on any atom is -0.374 e. The zero-order chi connectivity index (χ0) is 34.9. The summed E-state index contributed by atoms with van der Waals surface area (Å²) in [7, 11) is 0. The van der Waals surface area contributed by atoms with Gasteiger partial charge in [-0.25, -0.2) is 0 Å². The van der Waals surface area contributed by atoms with E-state index in [2.05, 4.69) is 4.90 Å². The van der Waals surface area contributed by atoms with Gasteiger partial charge >= 0.3 is 0 Å². The van der Waals surface area contributed by atoms with Crippen molar-refractivity contribution in [1.29, 1.82) is 0 Å². The highest BCUT2D eigenvalue weighted by Crippen LogP contribution is 2.61. The molecule has 0 bridgehead atoms. The molecule has 0 aromatic rings. The van der Waals surface area contributed by atoms with Gasteiger partial charge in [0.15, 0.2) is 0 Å². The van der Waals surface area contributed by atoms with E-state index in [0.717, 1.165) is 77.2 Å². The summed E-state index contributed by atoms with van der Waals surface area (Å²) in [6.45, 7) is 0. The van der Waals surface area contributed by atoms with E-state index in [0.29, 0.717) is 36.4 Å². The summed E-state index contributed by atoms with van der Waals surface area (Å²) < 4.78 is 14.9. The monoisotopic (exact) mass is 728 g/mol. The number of fused-ring (bicyclic) bond motifs is 10. The molecule has 0 aromatic heterocycles. The summed E-state index contributed by atoms with van der Waals surface area (Å²) in [5.41, 5.74) is 0. The summed E-state index contributed by atoms with van der Waals surface area (Å²) in [5.74, 6) is 11.5. The Morgan fingerprint density at radius 3 is 1.62 bits per heavy atom. The van der Waals surface area contributed by atoms with Crippen molar-refractivity contribution in [2.24, 2.45) is 71.0 Å². The maximum atomic E-state index is 7.93. The summed E-state index contributed by atoms with van der Waals surface area (Å²) in [6.07, 6.45) is 48.7. The molecule has 0 aromatic carbocycles. The predicted octanol–water partition coefficient (Wildman–Crippen LogP) is 12.5. The van der Waals surface area contributed by atoms with Crippen LogP contribution < -0.4 is 0 Å². The van der Waals surface area contributed by atoms with Crippen LogP contribution in [0.4, 0.5) is 0 Å². The first-order chi connectivity index (χ1) is 26.3. The van der Waals surface area contributed by atoms with E-state index in [9.17, 15) is 0 Å². The van der Waals surface area contributed by atoms with E-state index in [1.807, 2.05) is 0 Å². The third-order valence-electron chi connectivity index (χ3n) is 20.4. The first kappa shape index (κ1) is 36.0. The highest BCUT2D eigenvalue weighted by molar-refractivity contribution is 5.13. The maximum Gasteiger partial charge on any atom is 0.0769 e. The van der Waals surface area contributed by atoms with Gasteiger partial charge in [-0.05, 0) is 168 Å². The molecule has 2 heterocycles. The average molecular weight is 728 g/mol. The van der Waals surface area contributed by atoms with Crippen molar-refractivity contribution < 1.29 is 9.47 Å². The van der Waals surface area contributed by atoms with Gasteiger partial charge in [-0.1, -0.05) is 96.3 Å². The van der Waals surface area contributed by atoms with Crippen LogP contribution in [-0.2, 0) is 9.47 Å². The van der Waals surface area contributed by atoms with Gasteiger partial charge < -0.3 is 9.47 Å². The standard InChI is InChI=1S/C50H81NO2/c1-2-11-32(12-3-1)33-21-25-37(26-22-33)51(38-27-23-35(24-28-38)40-19-10-15-34-13-4-6-16-39(34)40)44-31-36-14-5-7-17-41(36)47-43-29-30-46-48(49(43)53-50(44)47)42-18-8-9-20-45(42)52-46/h32-50H,1-31H2. The van der Waals surface area contributed by atoms with E-state index in [4.69, 9.17) is 9.47 Å². The fraction of sp³-hybridized carbons (Fsp3) is 1.00. The Labute approximate surface area is 326 Å². The van der Waals surface area contributed by atoms with Crippen molar-refractivity contribution >= 4 is 0 Å². The lowest BCUT2D eigenvalue weighted by Gasteiger charge is -2.56. The molecule has 14 unspecified atom stereocenters. The molecule has 9 aliphatic carbocycles. The van der Waals surface area contributed by atoms with Gasteiger partial charge in [0.25, 0.3) is 0 Å². The quantitative estimate of drug-likeness (QED) is 0.281. The first-order valence-electron chi connectivity index (χ1n) is 25.4. The lowest BCUT2D eigenvalue weighted by molar-refractivity contribution is -0.122. The minimum absolute atomic E-state index is 0.509. The summed E-state index contributed by atoms with van der Waals surface area (Å²) in [6, 6.07) is 2.36. The molecule has 3 nitrogen and oxygen atoms in total. The highest BCUT2D eigenvalue weighted by Gasteiger charge is 2.64. The smallest absolute Gasteiger partial charge is 0.0769 e. The lowest BCUT2D eigenvalue weighted by Crippen LogP contribution is -2.61. The van der Waals surface area contributed by atoms with Crippen LogP contribution in [0.2, 0.25) is 0 Å². The van der Waals surface area contributed by atoms with Gasteiger partial charge in [0, 0.05) is 24.0 Å². The molecule has 11 rings (SSSR count). The van der Waals surface area contributed by atoms with Crippen molar-refractivity contribution in [2.45, 2.75) is 242 Å². The highest BCUT2D eigenvalue weighted by atomic mass is 16.5. The van der Waals surface area contributed by atoms with Crippen molar-refractivity contribution in [3.8, 4) is 0 Å². The van der Waals surface area contributed by atoms with Gasteiger partial charge in [-0.15, -0.1) is 0 Å². The number of hydrogen-bond donors (Lipinski definition) is 0. The molecule has 0 spiro atoms. The van der Waals surface area contributed by atoms with Crippen LogP contribution in [0.25, 0.3) is 0 Å². The molecule has 0 amide bonds. The normalized spacial score (nSPS) is 53.2. The maximum absolute atomic E-state index is 7.93. The Hall–Kier alpha value is -0.120. The third kappa shape index (κ3) is 6.60. The fourth-order valence-electron chi connectivity index (χ4n) is 18.4. The number of ether oxygens (including phenoxy) is 2. The van der Waals surface area contributed by atoms with Crippen LogP contribution in [0.3, 0.4) is 0 Å². The number of rotatable bonds is 5. The summed E-state index contributed by atoms with van der Waals surface area (Å²) in [4.78, 5) is 3.39. The van der Waals surface area contributed by atoms with Crippen LogP contribution in [-0.4, -0.2) is 47.4 Å². The van der Waals surface area contributed by atoms with E-state index < -0.39 is 0 Å². The Balaban J connectivity index is 0.875. The van der Waals surface area contributed by atoms with E-state index >= 15 is 0 Å². The average Bonchev–Trinajstić information content (AvgIpc) is 3.81. The third-order valence-corrected chi connectivity index (χ3v) is 20.4. The molecule has 11 aliphatic rings. The van der Waals surface area contributed by atoms with Crippen LogP contribution in [0.15, 0.2) is 0 Å². The Morgan fingerprint density at radius 2 is 0.849 bits per heavy atom.